The number of benzene rings is 1. The Hall–Kier alpha value is -3.29. The minimum Gasteiger partial charge on any atom is -0.328 e. The summed E-state index contributed by atoms with van der Waals surface area (Å²) in [4.78, 5) is 31.0. The molecule has 0 saturated heterocycles. The lowest BCUT2D eigenvalue weighted by Crippen LogP contribution is -2.19. The van der Waals surface area contributed by atoms with Gasteiger partial charge in [0.25, 0.3) is 11.5 Å². The monoisotopic (exact) mass is 341 g/mol. The molecule has 7 nitrogen and oxygen atoms in total. The number of aryl methyl sites for hydroxylation is 2. The molecule has 0 bridgehead atoms. The molecule has 2 aromatic heterocycles. The van der Waals surface area contributed by atoms with Crippen molar-refractivity contribution in [2.24, 2.45) is 0 Å². The molecular formula is C17H16FN5O2. The molecule has 0 radical (unpaired) electrons. The number of amides is 1. The molecule has 0 aliphatic carbocycles. The van der Waals surface area contributed by atoms with Crippen LogP contribution in [-0.4, -0.2) is 25.7 Å². The van der Waals surface area contributed by atoms with Crippen LogP contribution < -0.4 is 10.9 Å². The highest BCUT2D eigenvalue weighted by atomic mass is 19.1. The molecule has 0 spiro atoms. The zero-order chi connectivity index (χ0) is 18.0. The quantitative estimate of drug-likeness (QED) is 0.761. The van der Waals surface area contributed by atoms with Gasteiger partial charge in [-0.2, -0.15) is 14.8 Å². The van der Waals surface area contributed by atoms with Gasteiger partial charge < -0.3 is 10.3 Å². The second kappa shape index (κ2) is 6.68. The Balaban J connectivity index is 1.98. The van der Waals surface area contributed by atoms with Gasteiger partial charge in [0.05, 0.1) is 5.69 Å². The van der Waals surface area contributed by atoms with E-state index in [0.717, 1.165) is 6.07 Å². The Labute approximate surface area is 142 Å². The van der Waals surface area contributed by atoms with Crippen molar-refractivity contribution in [2.45, 2.75) is 20.3 Å². The van der Waals surface area contributed by atoms with E-state index in [0.29, 0.717) is 23.6 Å². The maximum atomic E-state index is 13.3. The first-order valence-electron chi connectivity index (χ1n) is 7.70. The van der Waals surface area contributed by atoms with E-state index in [9.17, 15) is 14.0 Å². The number of nitrogens with zero attached hydrogens (tertiary/aromatic N) is 3. The van der Waals surface area contributed by atoms with Gasteiger partial charge in [0.15, 0.2) is 0 Å². The van der Waals surface area contributed by atoms with Crippen LogP contribution in [0, 0.1) is 12.7 Å². The number of H-pyrrole nitrogens is 1. The smallest absolute Gasteiger partial charge is 0.274 e. The van der Waals surface area contributed by atoms with E-state index in [1.165, 1.54) is 28.9 Å². The molecule has 25 heavy (non-hydrogen) atoms. The van der Waals surface area contributed by atoms with Crippen molar-refractivity contribution in [2.75, 3.05) is 5.32 Å². The Kier molecular flexibility index (Phi) is 4.42. The van der Waals surface area contributed by atoms with Crippen LogP contribution in [0.5, 0.6) is 0 Å². The van der Waals surface area contributed by atoms with Crippen LogP contribution in [0.4, 0.5) is 10.2 Å². The summed E-state index contributed by atoms with van der Waals surface area (Å²) in [5.41, 5.74) is 1.10. The topological polar surface area (TPSA) is 92.7 Å². The van der Waals surface area contributed by atoms with E-state index in [1.807, 2.05) is 6.92 Å². The molecule has 128 valence electrons. The van der Waals surface area contributed by atoms with Crippen molar-refractivity contribution >= 4 is 11.7 Å². The number of aromatic nitrogens is 4. The molecule has 2 N–H and O–H groups in total. The molecule has 1 aromatic carbocycles. The molecule has 0 atom stereocenters. The maximum Gasteiger partial charge on any atom is 0.274 e. The molecule has 0 aliphatic rings. The highest BCUT2D eigenvalue weighted by Crippen LogP contribution is 2.15. The molecule has 3 rings (SSSR count). The van der Waals surface area contributed by atoms with Gasteiger partial charge in [-0.05, 0) is 31.5 Å². The Morgan fingerprint density at radius 1 is 1.32 bits per heavy atom. The SMILES string of the molecule is CCc1cc(=O)nc(-n2nc(C)cc2NC(=O)c2cccc(F)c2)[nH]1. The molecule has 1 amide bonds. The molecule has 0 fully saturated rings. The first-order chi connectivity index (χ1) is 12.0. The normalized spacial score (nSPS) is 10.7. The highest BCUT2D eigenvalue weighted by molar-refractivity contribution is 6.03. The number of nitrogens with one attached hydrogen (secondary N) is 2. The van der Waals surface area contributed by atoms with Crippen molar-refractivity contribution in [3.05, 3.63) is 69.5 Å². The van der Waals surface area contributed by atoms with Crippen molar-refractivity contribution in [1.29, 1.82) is 0 Å². The summed E-state index contributed by atoms with van der Waals surface area (Å²) in [7, 11) is 0. The third kappa shape index (κ3) is 3.63. The van der Waals surface area contributed by atoms with Crippen LogP contribution in [-0.2, 0) is 6.42 Å². The van der Waals surface area contributed by atoms with Crippen LogP contribution in [0.15, 0.2) is 41.2 Å². The number of anilines is 1. The van der Waals surface area contributed by atoms with E-state index >= 15 is 0 Å². The summed E-state index contributed by atoms with van der Waals surface area (Å²) < 4.78 is 14.6. The van der Waals surface area contributed by atoms with Gasteiger partial charge in [-0.3, -0.25) is 9.59 Å². The van der Waals surface area contributed by atoms with E-state index < -0.39 is 17.3 Å². The van der Waals surface area contributed by atoms with Gasteiger partial charge >= 0.3 is 0 Å². The van der Waals surface area contributed by atoms with E-state index in [-0.39, 0.29) is 11.5 Å². The van der Waals surface area contributed by atoms with Crippen LogP contribution in [0.1, 0.15) is 28.7 Å². The zero-order valence-corrected chi connectivity index (χ0v) is 13.7. The largest absolute Gasteiger partial charge is 0.328 e. The van der Waals surface area contributed by atoms with Gasteiger partial charge in [0, 0.05) is 23.4 Å². The van der Waals surface area contributed by atoms with Crippen LogP contribution in [0.25, 0.3) is 5.95 Å². The lowest BCUT2D eigenvalue weighted by atomic mass is 10.2. The van der Waals surface area contributed by atoms with Gasteiger partial charge in [0.2, 0.25) is 5.95 Å². The first kappa shape index (κ1) is 16.6. The number of rotatable bonds is 4. The molecule has 8 heteroatoms. The number of halogens is 1. The summed E-state index contributed by atoms with van der Waals surface area (Å²) >= 11 is 0. The molecule has 0 aliphatic heterocycles. The number of carbonyl (C=O) groups is 1. The maximum absolute atomic E-state index is 13.3. The Morgan fingerprint density at radius 2 is 2.12 bits per heavy atom. The van der Waals surface area contributed by atoms with Gasteiger partial charge in [-0.1, -0.05) is 13.0 Å². The predicted molar refractivity (Wildman–Crippen MR) is 90.4 cm³/mol. The molecule has 2 heterocycles. The Bertz CT molecular complexity index is 993. The average molecular weight is 341 g/mol. The van der Waals surface area contributed by atoms with Crippen LogP contribution in [0.3, 0.4) is 0 Å². The minimum atomic E-state index is -0.501. The summed E-state index contributed by atoms with van der Waals surface area (Å²) in [5.74, 6) is -0.469. The van der Waals surface area contributed by atoms with Crippen LogP contribution in [0.2, 0.25) is 0 Å². The second-order valence-electron chi connectivity index (χ2n) is 5.47. The summed E-state index contributed by atoms with van der Waals surface area (Å²) in [6.45, 7) is 3.64. The number of aromatic amines is 1. The number of carbonyl (C=O) groups excluding carboxylic acids is 1. The third-order valence-corrected chi connectivity index (χ3v) is 3.53. The van der Waals surface area contributed by atoms with E-state index in [2.05, 4.69) is 20.4 Å². The third-order valence-electron chi connectivity index (χ3n) is 3.53. The molecular weight excluding hydrogens is 325 g/mol. The second-order valence-corrected chi connectivity index (χ2v) is 5.47. The Morgan fingerprint density at radius 3 is 2.84 bits per heavy atom. The fourth-order valence-electron chi connectivity index (χ4n) is 2.35. The lowest BCUT2D eigenvalue weighted by molar-refractivity contribution is 0.102. The van der Waals surface area contributed by atoms with E-state index in [1.54, 1.807) is 13.0 Å². The van der Waals surface area contributed by atoms with Gasteiger partial charge in [-0.15, -0.1) is 0 Å². The van der Waals surface area contributed by atoms with Crippen molar-refractivity contribution < 1.29 is 9.18 Å². The van der Waals surface area contributed by atoms with Crippen molar-refractivity contribution in [3.63, 3.8) is 0 Å². The highest BCUT2D eigenvalue weighted by Gasteiger charge is 2.14. The summed E-state index contributed by atoms with van der Waals surface area (Å²) in [5, 5.41) is 6.92. The minimum absolute atomic E-state index is 0.175. The predicted octanol–water partition coefficient (Wildman–Crippen LogP) is 2.22. The summed E-state index contributed by atoms with van der Waals surface area (Å²) in [6.07, 6.45) is 0.621. The summed E-state index contributed by atoms with van der Waals surface area (Å²) in [6, 6.07) is 8.40. The van der Waals surface area contributed by atoms with Crippen molar-refractivity contribution in [3.8, 4) is 5.95 Å². The fraction of sp³-hybridized carbons (Fsp3) is 0.176. The van der Waals surface area contributed by atoms with Crippen LogP contribution >= 0.6 is 0 Å². The molecule has 0 unspecified atom stereocenters. The standard InChI is InChI=1S/C17H16FN5O2/c1-3-13-9-15(24)21-17(19-13)23-14(7-10(2)22-23)20-16(25)11-5-4-6-12(18)8-11/h4-9H,3H2,1-2H3,(H,20,25)(H,19,21,24). The zero-order valence-electron chi connectivity index (χ0n) is 13.7. The van der Waals surface area contributed by atoms with Gasteiger partial charge in [-0.25, -0.2) is 4.39 Å². The molecule has 0 saturated carbocycles. The fourth-order valence-corrected chi connectivity index (χ4v) is 2.35. The number of hydrogen-bond donors (Lipinski definition) is 2. The first-order valence-corrected chi connectivity index (χ1v) is 7.70. The van der Waals surface area contributed by atoms with Gasteiger partial charge in [0.1, 0.15) is 11.6 Å². The number of hydrogen-bond acceptors (Lipinski definition) is 4. The lowest BCUT2D eigenvalue weighted by Gasteiger charge is -2.09. The molecule has 3 aromatic rings. The van der Waals surface area contributed by atoms with E-state index in [4.69, 9.17) is 0 Å². The van der Waals surface area contributed by atoms with Crippen molar-refractivity contribution in [1.82, 2.24) is 19.7 Å². The average Bonchev–Trinajstić information content (AvgIpc) is 2.94.